The number of aromatic nitrogens is 2. The minimum Gasteiger partial charge on any atom is -0.312 e. The molecule has 122 valence electrons. The molecule has 0 amide bonds. The molecule has 1 rings (SSSR count). The third-order valence-electron chi connectivity index (χ3n) is 3.99. The van der Waals surface area contributed by atoms with Gasteiger partial charge in [-0.2, -0.15) is 0 Å². The van der Waals surface area contributed by atoms with Gasteiger partial charge in [0.1, 0.15) is 0 Å². The van der Waals surface area contributed by atoms with Crippen molar-refractivity contribution in [1.82, 2.24) is 14.9 Å². The van der Waals surface area contributed by atoms with Crippen molar-refractivity contribution in [1.29, 1.82) is 0 Å². The van der Waals surface area contributed by atoms with Gasteiger partial charge in [-0.1, -0.05) is 77.1 Å². The van der Waals surface area contributed by atoms with Crippen LogP contribution in [-0.4, -0.2) is 16.6 Å². The van der Waals surface area contributed by atoms with Crippen LogP contribution in [0.5, 0.6) is 0 Å². The molecule has 0 aromatic carbocycles. The number of nitrogens with one attached hydrogen (secondary N) is 1. The van der Waals surface area contributed by atoms with E-state index in [1.165, 1.54) is 56.2 Å². The van der Waals surface area contributed by atoms with E-state index in [-0.39, 0.29) is 5.41 Å². The van der Waals surface area contributed by atoms with Gasteiger partial charge >= 0.3 is 0 Å². The van der Waals surface area contributed by atoms with Crippen LogP contribution in [0.15, 0.2) is 0 Å². The fourth-order valence-corrected chi connectivity index (χ4v) is 3.66. The fourth-order valence-electron chi connectivity index (χ4n) is 2.66. The molecule has 1 aromatic heterocycles. The predicted molar refractivity (Wildman–Crippen MR) is 93.0 cm³/mol. The van der Waals surface area contributed by atoms with Gasteiger partial charge in [0.15, 0.2) is 0 Å². The van der Waals surface area contributed by atoms with Gasteiger partial charge in [-0.3, -0.25) is 0 Å². The Balaban J connectivity index is 2.40. The lowest BCUT2D eigenvalue weighted by Crippen LogP contribution is -2.21. The zero-order valence-electron chi connectivity index (χ0n) is 14.5. The van der Waals surface area contributed by atoms with E-state index in [1.807, 2.05) is 0 Å². The molecule has 3 nitrogen and oxygen atoms in total. The summed E-state index contributed by atoms with van der Waals surface area (Å²) in [5.74, 6) is 0. The highest BCUT2D eigenvalue weighted by molar-refractivity contribution is 7.05. The Morgan fingerprint density at radius 1 is 1.05 bits per heavy atom. The molecule has 4 heteroatoms. The molecule has 0 radical (unpaired) electrons. The minimum atomic E-state index is 0.0809. The van der Waals surface area contributed by atoms with Crippen molar-refractivity contribution in [2.45, 2.75) is 90.5 Å². The maximum Gasteiger partial charge on any atom is 0.0857 e. The molecule has 0 fully saturated rings. The van der Waals surface area contributed by atoms with E-state index in [9.17, 15) is 0 Å². The maximum atomic E-state index is 4.36. The van der Waals surface area contributed by atoms with E-state index < -0.39 is 0 Å². The largest absolute Gasteiger partial charge is 0.312 e. The molecule has 0 aliphatic rings. The van der Waals surface area contributed by atoms with Crippen molar-refractivity contribution in [3.05, 3.63) is 10.6 Å². The average Bonchev–Trinajstić information content (AvgIpc) is 2.91. The van der Waals surface area contributed by atoms with Crippen LogP contribution in [0.3, 0.4) is 0 Å². The van der Waals surface area contributed by atoms with Gasteiger partial charge in [-0.05, 0) is 25.0 Å². The van der Waals surface area contributed by atoms with Crippen molar-refractivity contribution >= 4 is 11.5 Å². The molecule has 1 heterocycles. The number of rotatable bonds is 10. The van der Waals surface area contributed by atoms with Crippen molar-refractivity contribution in [3.63, 3.8) is 0 Å². The second kappa shape index (κ2) is 9.52. The normalized spacial score (nSPS) is 13.6. The molecule has 21 heavy (non-hydrogen) atoms. The zero-order valence-corrected chi connectivity index (χ0v) is 15.4. The van der Waals surface area contributed by atoms with Gasteiger partial charge in [0.2, 0.25) is 0 Å². The van der Waals surface area contributed by atoms with Gasteiger partial charge in [0.25, 0.3) is 0 Å². The number of hydrogen-bond donors (Lipinski definition) is 1. The molecule has 1 atom stereocenters. The van der Waals surface area contributed by atoms with E-state index in [1.54, 1.807) is 11.5 Å². The summed E-state index contributed by atoms with van der Waals surface area (Å²) in [5, 5.41) is 7.82. The summed E-state index contributed by atoms with van der Waals surface area (Å²) in [6.45, 7) is 8.92. The van der Waals surface area contributed by atoms with Gasteiger partial charge in [0.05, 0.1) is 10.6 Å². The fraction of sp³-hybridized carbons (Fsp3) is 0.882. The van der Waals surface area contributed by atoms with Gasteiger partial charge in [-0.15, -0.1) is 5.10 Å². The Labute approximate surface area is 135 Å². The highest BCUT2D eigenvalue weighted by Gasteiger charge is 2.26. The van der Waals surface area contributed by atoms with Crippen LogP contribution < -0.4 is 5.32 Å². The zero-order chi connectivity index (χ0) is 15.7. The Morgan fingerprint density at radius 3 is 2.24 bits per heavy atom. The quantitative estimate of drug-likeness (QED) is 0.601. The van der Waals surface area contributed by atoms with Crippen molar-refractivity contribution in [3.8, 4) is 0 Å². The third kappa shape index (κ3) is 6.43. The van der Waals surface area contributed by atoms with Crippen LogP contribution in [0.2, 0.25) is 0 Å². The van der Waals surface area contributed by atoms with E-state index in [0.717, 1.165) is 5.69 Å². The van der Waals surface area contributed by atoms with E-state index in [2.05, 4.69) is 49.6 Å². The lowest BCUT2D eigenvalue weighted by atomic mass is 9.89. The summed E-state index contributed by atoms with van der Waals surface area (Å²) < 4.78 is 4.19. The van der Waals surface area contributed by atoms with Crippen LogP contribution >= 0.6 is 11.5 Å². The molecule has 0 aliphatic heterocycles. The summed E-state index contributed by atoms with van der Waals surface area (Å²) in [5.41, 5.74) is 1.24. The summed E-state index contributed by atoms with van der Waals surface area (Å²) in [4.78, 5) is 1.33. The van der Waals surface area contributed by atoms with Crippen molar-refractivity contribution in [2.75, 3.05) is 7.05 Å². The first-order valence-corrected chi connectivity index (χ1v) is 9.28. The van der Waals surface area contributed by atoms with Crippen LogP contribution in [0.1, 0.15) is 95.7 Å². The second-order valence-electron chi connectivity index (χ2n) is 6.99. The van der Waals surface area contributed by atoms with E-state index in [0.29, 0.717) is 6.04 Å². The Morgan fingerprint density at radius 2 is 1.67 bits per heavy atom. The van der Waals surface area contributed by atoms with E-state index >= 15 is 0 Å². The molecule has 1 unspecified atom stereocenters. The Hall–Kier alpha value is -0.480. The molecular formula is C17H33N3S. The molecule has 0 bridgehead atoms. The van der Waals surface area contributed by atoms with E-state index in [4.69, 9.17) is 0 Å². The third-order valence-corrected chi connectivity index (χ3v) is 4.82. The molecule has 0 spiro atoms. The van der Waals surface area contributed by atoms with Gasteiger partial charge in [0, 0.05) is 11.5 Å². The Bertz CT molecular complexity index is 382. The number of hydrogen-bond acceptors (Lipinski definition) is 4. The SMILES string of the molecule is CCCCCCCCCC(NC)c1snnc1C(C)(C)C. The van der Waals surface area contributed by atoms with Crippen molar-refractivity contribution in [2.24, 2.45) is 0 Å². The first-order chi connectivity index (χ1) is 10.0. The van der Waals surface area contributed by atoms with Crippen LogP contribution in [0.25, 0.3) is 0 Å². The first-order valence-electron chi connectivity index (χ1n) is 8.50. The Kier molecular flexibility index (Phi) is 8.42. The monoisotopic (exact) mass is 311 g/mol. The predicted octanol–water partition coefficient (Wildman–Crippen LogP) is 5.24. The smallest absolute Gasteiger partial charge is 0.0857 e. The molecule has 1 N–H and O–H groups in total. The molecule has 1 aromatic rings. The standard InChI is InChI=1S/C17H33N3S/c1-6-7-8-9-10-11-12-13-14(18-5)15-16(17(2,3)4)19-20-21-15/h14,18H,6-13H2,1-5H3. The topological polar surface area (TPSA) is 37.8 Å². The minimum absolute atomic E-state index is 0.0809. The van der Waals surface area contributed by atoms with Crippen molar-refractivity contribution < 1.29 is 0 Å². The first kappa shape index (κ1) is 18.6. The average molecular weight is 312 g/mol. The lowest BCUT2D eigenvalue weighted by Gasteiger charge is -2.21. The van der Waals surface area contributed by atoms with Crippen LogP contribution in [0.4, 0.5) is 0 Å². The number of unbranched alkanes of at least 4 members (excludes halogenated alkanes) is 6. The molecular weight excluding hydrogens is 278 g/mol. The summed E-state index contributed by atoms with van der Waals surface area (Å²) >= 11 is 1.56. The summed E-state index contributed by atoms with van der Waals surface area (Å²) in [7, 11) is 2.05. The van der Waals surface area contributed by atoms with Crippen LogP contribution in [-0.2, 0) is 5.41 Å². The lowest BCUT2D eigenvalue weighted by molar-refractivity contribution is 0.483. The summed E-state index contributed by atoms with van der Waals surface area (Å²) in [6, 6.07) is 0.412. The van der Waals surface area contributed by atoms with Gasteiger partial charge < -0.3 is 5.32 Å². The van der Waals surface area contributed by atoms with Crippen LogP contribution in [0, 0.1) is 0 Å². The maximum absolute atomic E-state index is 4.36. The second-order valence-corrected chi connectivity index (χ2v) is 7.77. The highest BCUT2D eigenvalue weighted by atomic mass is 32.1. The molecule has 0 aliphatic carbocycles. The summed E-state index contributed by atoms with van der Waals surface area (Å²) in [6.07, 6.45) is 10.7. The van der Waals surface area contributed by atoms with Gasteiger partial charge in [-0.25, -0.2) is 0 Å². The molecule has 0 saturated carbocycles. The molecule has 0 saturated heterocycles. The number of nitrogens with zero attached hydrogens (tertiary/aromatic N) is 2. The highest BCUT2D eigenvalue weighted by Crippen LogP contribution is 2.32.